The maximum atomic E-state index is 12.7. The number of rotatable bonds is 2. The molecule has 0 atom stereocenters. The molecule has 1 heterocycles. The summed E-state index contributed by atoms with van der Waals surface area (Å²) in [6, 6.07) is 3.83. The van der Waals surface area contributed by atoms with Gasteiger partial charge in [0.1, 0.15) is 0 Å². The molecule has 0 N–H and O–H groups in total. The van der Waals surface area contributed by atoms with Crippen LogP contribution in [0, 0.1) is 0 Å². The number of nitrogens with zero attached hydrogens (tertiary/aromatic N) is 1. The number of anilines is 1. The van der Waals surface area contributed by atoms with Gasteiger partial charge in [0, 0.05) is 30.3 Å². The van der Waals surface area contributed by atoms with Crippen molar-refractivity contribution in [1.29, 1.82) is 0 Å². The van der Waals surface area contributed by atoms with Gasteiger partial charge in [-0.25, -0.2) is 0 Å². The van der Waals surface area contributed by atoms with Crippen molar-refractivity contribution in [2.45, 2.75) is 6.18 Å². The normalized spacial score (nSPS) is 16.7. The van der Waals surface area contributed by atoms with E-state index in [1.165, 1.54) is 12.1 Å². The monoisotopic (exact) mass is 273 g/mol. The molecule has 5 heteroatoms. The minimum atomic E-state index is -4.29. The first-order chi connectivity index (χ1) is 8.52. The van der Waals surface area contributed by atoms with Gasteiger partial charge in [0.2, 0.25) is 0 Å². The topological polar surface area (TPSA) is 3.24 Å². The van der Waals surface area contributed by atoms with Crippen molar-refractivity contribution < 1.29 is 13.2 Å². The summed E-state index contributed by atoms with van der Waals surface area (Å²) in [7, 11) is 0. The van der Waals surface area contributed by atoms with Gasteiger partial charge in [-0.15, -0.1) is 0 Å². The summed E-state index contributed by atoms with van der Waals surface area (Å²) < 4.78 is 38.2. The second-order valence-corrected chi connectivity index (χ2v) is 5.30. The minimum absolute atomic E-state index is 0.596. The number of thioether (sulfide) groups is 1. The Morgan fingerprint density at radius 1 is 1.22 bits per heavy atom. The van der Waals surface area contributed by atoms with Crippen LogP contribution in [0.1, 0.15) is 11.1 Å². The van der Waals surface area contributed by atoms with Crippen LogP contribution in [0.15, 0.2) is 24.8 Å². The van der Waals surface area contributed by atoms with Crippen molar-refractivity contribution in [3.63, 3.8) is 0 Å². The van der Waals surface area contributed by atoms with Crippen molar-refractivity contribution in [2.75, 3.05) is 29.5 Å². The second-order valence-electron chi connectivity index (χ2n) is 4.07. The molecule has 2 rings (SSSR count). The van der Waals surface area contributed by atoms with Crippen molar-refractivity contribution >= 4 is 23.5 Å². The molecule has 0 amide bonds. The third-order valence-corrected chi connectivity index (χ3v) is 3.87. The molecular formula is C13H14F3NS. The molecule has 0 aliphatic carbocycles. The largest absolute Gasteiger partial charge is 0.416 e. The minimum Gasteiger partial charge on any atom is -0.369 e. The van der Waals surface area contributed by atoms with Crippen molar-refractivity contribution in [3.8, 4) is 0 Å². The molecule has 0 bridgehead atoms. The first-order valence-corrected chi connectivity index (χ1v) is 6.84. The van der Waals surface area contributed by atoms with Gasteiger partial charge < -0.3 is 4.90 Å². The molecule has 1 saturated heterocycles. The van der Waals surface area contributed by atoms with E-state index < -0.39 is 11.7 Å². The van der Waals surface area contributed by atoms with E-state index in [1.807, 2.05) is 16.7 Å². The molecule has 0 unspecified atom stereocenters. The molecular weight excluding hydrogens is 259 g/mol. The lowest BCUT2D eigenvalue weighted by molar-refractivity contribution is -0.137. The van der Waals surface area contributed by atoms with Crippen molar-refractivity contribution in [1.82, 2.24) is 0 Å². The zero-order chi connectivity index (χ0) is 13.2. The van der Waals surface area contributed by atoms with Crippen LogP contribution in [0.4, 0.5) is 18.9 Å². The Labute approximate surface area is 109 Å². The lowest BCUT2D eigenvalue weighted by Gasteiger charge is -2.30. The van der Waals surface area contributed by atoms with Gasteiger partial charge in [0.05, 0.1) is 5.56 Å². The average Bonchev–Trinajstić information content (AvgIpc) is 2.38. The fourth-order valence-corrected chi connectivity index (χ4v) is 2.87. The summed E-state index contributed by atoms with van der Waals surface area (Å²) in [5.74, 6) is 1.90. The highest BCUT2D eigenvalue weighted by Crippen LogP contribution is 2.34. The van der Waals surface area contributed by atoms with E-state index in [-0.39, 0.29) is 0 Å². The lowest BCUT2D eigenvalue weighted by Crippen LogP contribution is -2.33. The molecule has 0 radical (unpaired) electrons. The fraction of sp³-hybridized carbons (Fsp3) is 0.385. The first kappa shape index (κ1) is 13.3. The van der Waals surface area contributed by atoms with Crippen LogP contribution in [0.5, 0.6) is 0 Å². The number of halogens is 3. The molecule has 0 aromatic heterocycles. The summed E-state index contributed by atoms with van der Waals surface area (Å²) in [5.41, 5.74) is 0.802. The van der Waals surface area contributed by atoms with Gasteiger partial charge in [-0.05, 0) is 17.7 Å². The van der Waals surface area contributed by atoms with E-state index in [0.29, 0.717) is 5.69 Å². The zero-order valence-corrected chi connectivity index (χ0v) is 10.7. The van der Waals surface area contributed by atoms with Crippen LogP contribution < -0.4 is 4.90 Å². The molecule has 1 aliphatic heterocycles. The Balaban J connectivity index is 2.38. The Kier molecular flexibility index (Phi) is 3.90. The van der Waals surface area contributed by atoms with Gasteiger partial charge in [-0.1, -0.05) is 18.7 Å². The van der Waals surface area contributed by atoms with Gasteiger partial charge >= 0.3 is 6.18 Å². The molecule has 1 nitrogen and oxygen atoms in total. The molecule has 1 aromatic rings. The summed E-state index contributed by atoms with van der Waals surface area (Å²) in [6.07, 6.45) is -2.68. The standard InChI is InChI=1S/C13H14F3NS/c1-2-10-3-4-11(13(14,15)16)9-12(10)17-5-7-18-8-6-17/h2-4,9H,1,5-8H2. The molecule has 98 valence electrons. The van der Waals surface area contributed by atoms with Crippen molar-refractivity contribution in [2.24, 2.45) is 0 Å². The lowest BCUT2D eigenvalue weighted by atomic mass is 10.1. The molecule has 0 saturated carbocycles. The number of hydrogen-bond donors (Lipinski definition) is 0. The highest BCUT2D eigenvalue weighted by molar-refractivity contribution is 7.99. The Hall–Kier alpha value is -1.10. The van der Waals surface area contributed by atoms with Crippen LogP contribution in [-0.2, 0) is 6.18 Å². The number of alkyl halides is 3. The van der Waals surface area contributed by atoms with Crippen LogP contribution in [0.25, 0.3) is 6.08 Å². The van der Waals surface area contributed by atoms with Crippen LogP contribution in [0.3, 0.4) is 0 Å². The maximum Gasteiger partial charge on any atom is 0.416 e. The van der Waals surface area contributed by atoms with Crippen molar-refractivity contribution in [3.05, 3.63) is 35.9 Å². The predicted molar refractivity (Wildman–Crippen MR) is 71.1 cm³/mol. The summed E-state index contributed by atoms with van der Waals surface area (Å²) >= 11 is 1.83. The van der Waals surface area contributed by atoms with Crippen LogP contribution >= 0.6 is 11.8 Å². The maximum absolute atomic E-state index is 12.7. The number of benzene rings is 1. The number of hydrogen-bond acceptors (Lipinski definition) is 2. The Morgan fingerprint density at radius 3 is 2.44 bits per heavy atom. The zero-order valence-electron chi connectivity index (χ0n) is 9.83. The highest BCUT2D eigenvalue weighted by Gasteiger charge is 2.31. The van der Waals surface area contributed by atoms with E-state index in [1.54, 1.807) is 6.08 Å². The van der Waals surface area contributed by atoms with E-state index in [9.17, 15) is 13.2 Å². The fourth-order valence-electron chi connectivity index (χ4n) is 1.97. The molecule has 1 aliphatic rings. The van der Waals surface area contributed by atoms with E-state index >= 15 is 0 Å². The van der Waals surface area contributed by atoms with E-state index in [0.717, 1.165) is 36.2 Å². The summed E-state index contributed by atoms with van der Waals surface area (Å²) in [4.78, 5) is 2.00. The first-order valence-electron chi connectivity index (χ1n) is 5.69. The van der Waals surface area contributed by atoms with E-state index in [2.05, 4.69) is 6.58 Å². The third-order valence-electron chi connectivity index (χ3n) is 2.93. The highest BCUT2D eigenvalue weighted by atomic mass is 32.2. The van der Waals surface area contributed by atoms with Gasteiger partial charge in [0.15, 0.2) is 0 Å². The smallest absolute Gasteiger partial charge is 0.369 e. The van der Waals surface area contributed by atoms with Crippen LogP contribution in [-0.4, -0.2) is 24.6 Å². The molecule has 1 fully saturated rings. The van der Waals surface area contributed by atoms with Gasteiger partial charge in [0.25, 0.3) is 0 Å². The van der Waals surface area contributed by atoms with Crippen LogP contribution in [0.2, 0.25) is 0 Å². The second kappa shape index (κ2) is 5.26. The Bertz CT molecular complexity index is 436. The third kappa shape index (κ3) is 2.83. The quantitative estimate of drug-likeness (QED) is 0.804. The molecule has 0 spiro atoms. The molecule has 18 heavy (non-hydrogen) atoms. The Morgan fingerprint density at radius 2 is 1.89 bits per heavy atom. The summed E-state index contributed by atoms with van der Waals surface area (Å²) in [6.45, 7) is 5.23. The van der Waals surface area contributed by atoms with Gasteiger partial charge in [-0.2, -0.15) is 24.9 Å². The molecule has 1 aromatic carbocycles. The average molecular weight is 273 g/mol. The van der Waals surface area contributed by atoms with Gasteiger partial charge in [-0.3, -0.25) is 0 Å². The SMILES string of the molecule is C=Cc1ccc(C(F)(F)F)cc1N1CCSCC1. The van der Waals surface area contributed by atoms with E-state index in [4.69, 9.17) is 0 Å². The summed E-state index contributed by atoms with van der Waals surface area (Å²) in [5, 5.41) is 0. The predicted octanol–water partition coefficient (Wildman–Crippen LogP) is 3.90.